The van der Waals surface area contributed by atoms with Gasteiger partial charge in [0.25, 0.3) is 5.91 Å². The number of nitrogens with one attached hydrogen (secondary N) is 2. The number of carbonyl (C=O) groups is 1. The van der Waals surface area contributed by atoms with E-state index >= 15 is 0 Å². The lowest BCUT2D eigenvalue weighted by Crippen LogP contribution is -2.23. The van der Waals surface area contributed by atoms with E-state index in [2.05, 4.69) is 40.9 Å². The molecule has 7 heteroatoms. The molecule has 2 rings (SSSR count). The molecule has 1 amide bonds. The number of rotatable bonds is 3. The van der Waals surface area contributed by atoms with Crippen LogP contribution < -0.4 is 5.32 Å². The molecule has 78 valence electrons. The summed E-state index contributed by atoms with van der Waals surface area (Å²) < 4.78 is 5.36. The van der Waals surface area contributed by atoms with Crippen LogP contribution in [0.1, 0.15) is 16.3 Å². The fraction of sp³-hybridized carbons (Fsp3) is 0.125. The molecule has 0 radical (unpaired) electrons. The van der Waals surface area contributed by atoms with Crippen LogP contribution in [0.4, 0.5) is 0 Å². The molecule has 2 aromatic rings. The number of aromatic nitrogens is 3. The predicted octanol–water partition coefficient (Wildman–Crippen LogP) is 1.09. The summed E-state index contributed by atoms with van der Waals surface area (Å²) in [5.41, 5.74) is 0.477. The van der Waals surface area contributed by atoms with Gasteiger partial charge in [0.1, 0.15) is 5.69 Å². The van der Waals surface area contributed by atoms with Gasteiger partial charge in [0, 0.05) is 10.7 Å². The van der Waals surface area contributed by atoms with Crippen molar-refractivity contribution in [2.75, 3.05) is 0 Å². The maximum atomic E-state index is 11.5. The van der Waals surface area contributed by atoms with E-state index in [9.17, 15) is 4.79 Å². The predicted molar refractivity (Wildman–Crippen MR) is 54.0 cm³/mol. The van der Waals surface area contributed by atoms with Gasteiger partial charge in [0.15, 0.2) is 5.82 Å². The minimum Gasteiger partial charge on any atom is -0.356 e. The highest BCUT2D eigenvalue weighted by molar-refractivity contribution is 9.10. The summed E-state index contributed by atoms with van der Waals surface area (Å²) in [6, 6.07) is 1.69. The largest absolute Gasteiger partial charge is 0.356 e. The van der Waals surface area contributed by atoms with E-state index in [-0.39, 0.29) is 12.5 Å². The quantitative estimate of drug-likeness (QED) is 0.875. The van der Waals surface area contributed by atoms with Crippen LogP contribution in [0.25, 0.3) is 0 Å². The number of H-pyrrole nitrogens is 1. The van der Waals surface area contributed by atoms with Crippen LogP contribution in [-0.2, 0) is 6.54 Å². The molecule has 0 unspecified atom stereocenters. The molecule has 6 nitrogen and oxygen atoms in total. The fourth-order valence-electron chi connectivity index (χ4n) is 1.02. The zero-order valence-corrected chi connectivity index (χ0v) is 9.11. The number of aromatic amines is 1. The second-order valence-electron chi connectivity index (χ2n) is 2.76. The minimum absolute atomic E-state index is 0.217. The average molecular weight is 271 g/mol. The first-order valence-electron chi connectivity index (χ1n) is 4.13. The van der Waals surface area contributed by atoms with Crippen molar-refractivity contribution in [1.82, 2.24) is 20.4 Å². The molecule has 0 aliphatic carbocycles. The highest BCUT2D eigenvalue weighted by atomic mass is 79.9. The van der Waals surface area contributed by atoms with Crippen LogP contribution in [0.5, 0.6) is 0 Å². The summed E-state index contributed by atoms with van der Waals surface area (Å²) in [6.45, 7) is 0.242. The van der Waals surface area contributed by atoms with Crippen molar-refractivity contribution < 1.29 is 9.32 Å². The summed E-state index contributed by atoms with van der Waals surface area (Å²) >= 11 is 3.24. The van der Waals surface area contributed by atoms with Crippen molar-refractivity contribution in [1.29, 1.82) is 0 Å². The molecular formula is C8H7BrN4O2. The van der Waals surface area contributed by atoms with Gasteiger partial charge in [-0.3, -0.25) is 4.79 Å². The summed E-state index contributed by atoms with van der Waals surface area (Å²) in [4.78, 5) is 18.1. The molecule has 0 spiro atoms. The van der Waals surface area contributed by atoms with Gasteiger partial charge in [-0.15, -0.1) is 0 Å². The number of halogens is 1. The van der Waals surface area contributed by atoms with Crippen LogP contribution >= 0.6 is 15.9 Å². The van der Waals surface area contributed by atoms with Crippen LogP contribution in [0.2, 0.25) is 0 Å². The zero-order valence-electron chi connectivity index (χ0n) is 7.53. The fourth-order valence-corrected chi connectivity index (χ4v) is 1.37. The highest BCUT2D eigenvalue weighted by Crippen LogP contribution is 2.10. The van der Waals surface area contributed by atoms with Crippen molar-refractivity contribution >= 4 is 21.8 Å². The van der Waals surface area contributed by atoms with Gasteiger partial charge in [-0.1, -0.05) is 5.16 Å². The molecule has 2 aromatic heterocycles. The second kappa shape index (κ2) is 4.26. The molecule has 15 heavy (non-hydrogen) atoms. The molecule has 2 N–H and O–H groups in total. The summed E-state index contributed by atoms with van der Waals surface area (Å²) in [5, 5.41) is 6.21. The van der Waals surface area contributed by atoms with Crippen LogP contribution in [-0.4, -0.2) is 21.0 Å². The summed E-state index contributed by atoms with van der Waals surface area (Å²) in [5.74, 6) is 0.222. The molecule has 0 aromatic carbocycles. The van der Waals surface area contributed by atoms with E-state index < -0.39 is 0 Å². The van der Waals surface area contributed by atoms with E-state index in [1.54, 1.807) is 12.3 Å². The Balaban J connectivity index is 1.93. The van der Waals surface area contributed by atoms with E-state index in [0.29, 0.717) is 11.5 Å². The van der Waals surface area contributed by atoms with Gasteiger partial charge in [0.2, 0.25) is 6.39 Å². The van der Waals surface area contributed by atoms with Crippen molar-refractivity contribution in [3.63, 3.8) is 0 Å². The Bertz CT molecular complexity index is 451. The zero-order chi connectivity index (χ0) is 10.7. The monoisotopic (exact) mass is 270 g/mol. The average Bonchev–Trinajstić information content (AvgIpc) is 2.84. The molecule has 0 aliphatic rings. The van der Waals surface area contributed by atoms with Gasteiger partial charge in [-0.2, -0.15) is 4.98 Å². The van der Waals surface area contributed by atoms with Crippen molar-refractivity contribution in [3.8, 4) is 0 Å². The molecular weight excluding hydrogens is 264 g/mol. The van der Waals surface area contributed by atoms with Crippen LogP contribution in [0, 0.1) is 0 Å². The van der Waals surface area contributed by atoms with Crippen LogP contribution in [0.3, 0.4) is 0 Å². The van der Waals surface area contributed by atoms with Gasteiger partial charge in [0.05, 0.1) is 6.54 Å². The first-order valence-corrected chi connectivity index (χ1v) is 4.92. The number of nitrogens with zero attached hydrogens (tertiary/aromatic N) is 2. The number of carbonyl (C=O) groups excluding carboxylic acids is 1. The normalized spacial score (nSPS) is 10.2. The lowest BCUT2D eigenvalue weighted by Gasteiger charge is -1.98. The summed E-state index contributed by atoms with van der Waals surface area (Å²) in [7, 11) is 0. The smallest absolute Gasteiger partial charge is 0.268 e. The standard InChI is InChI=1S/C8H7BrN4O2/c9-5-1-6(10-2-5)8(14)11-3-7-12-4-15-13-7/h1-2,4,10H,3H2,(H,11,14). The number of amides is 1. The topological polar surface area (TPSA) is 83.8 Å². The first-order chi connectivity index (χ1) is 7.25. The molecule has 0 fully saturated rings. The molecule has 2 heterocycles. The third-order valence-corrected chi connectivity index (χ3v) is 2.16. The highest BCUT2D eigenvalue weighted by Gasteiger charge is 2.08. The molecule has 0 saturated carbocycles. The van der Waals surface area contributed by atoms with Crippen molar-refractivity contribution in [2.45, 2.75) is 6.54 Å². The molecule has 0 aliphatic heterocycles. The molecule has 0 saturated heterocycles. The maximum Gasteiger partial charge on any atom is 0.268 e. The Morgan fingerprint density at radius 1 is 1.67 bits per heavy atom. The van der Waals surface area contributed by atoms with Gasteiger partial charge in [-0.25, -0.2) is 0 Å². The van der Waals surface area contributed by atoms with E-state index in [1.807, 2.05) is 0 Å². The van der Waals surface area contributed by atoms with Gasteiger partial charge in [-0.05, 0) is 22.0 Å². The SMILES string of the molecule is O=C(NCc1ncon1)c1cc(Br)c[nH]1. The molecule has 0 atom stereocenters. The minimum atomic E-state index is -0.217. The van der Waals surface area contributed by atoms with Gasteiger partial charge >= 0.3 is 0 Å². The maximum absolute atomic E-state index is 11.5. The Morgan fingerprint density at radius 2 is 2.53 bits per heavy atom. The Labute approximate surface area is 93.2 Å². The number of hydrogen-bond acceptors (Lipinski definition) is 4. The van der Waals surface area contributed by atoms with Crippen LogP contribution in [0.15, 0.2) is 27.7 Å². The third kappa shape index (κ3) is 2.44. The summed E-state index contributed by atoms with van der Waals surface area (Å²) in [6.07, 6.45) is 2.90. The van der Waals surface area contributed by atoms with E-state index in [4.69, 9.17) is 0 Å². The Kier molecular flexibility index (Phi) is 2.82. The third-order valence-electron chi connectivity index (χ3n) is 1.71. The Hall–Kier alpha value is -1.63. The van der Waals surface area contributed by atoms with E-state index in [1.165, 1.54) is 6.39 Å². The van der Waals surface area contributed by atoms with Crippen molar-refractivity contribution in [3.05, 3.63) is 34.6 Å². The Morgan fingerprint density at radius 3 is 3.13 bits per heavy atom. The lowest BCUT2D eigenvalue weighted by molar-refractivity contribution is 0.0945. The van der Waals surface area contributed by atoms with Crippen molar-refractivity contribution in [2.24, 2.45) is 0 Å². The lowest BCUT2D eigenvalue weighted by atomic mass is 10.4. The van der Waals surface area contributed by atoms with E-state index in [0.717, 1.165) is 4.47 Å². The van der Waals surface area contributed by atoms with Gasteiger partial charge < -0.3 is 14.8 Å². The molecule has 0 bridgehead atoms. The second-order valence-corrected chi connectivity index (χ2v) is 3.68. The first kappa shape index (κ1) is 9.91. The number of hydrogen-bond donors (Lipinski definition) is 2.